The minimum absolute atomic E-state index is 0.884. The summed E-state index contributed by atoms with van der Waals surface area (Å²) in [6.07, 6.45) is 8.14. The lowest BCUT2D eigenvalue weighted by Gasteiger charge is -2.11. The Labute approximate surface area is 75.1 Å². The Morgan fingerprint density at radius 3 is 2.58 bits per heavy atom. The number of allylic oxidation sites excluding steroid dienone is 3. The zero-order valence-electron chi connectivity index (χ0n) is 8.17. The summed E-state index contributed by atoms with van der Waals surface area (Å²) in [7, 11) is 0. The predicted molar refractivity (Wildman–Crippen MR) is 54.0 cm³/mol. The van der Waals surface area contributed by atoms with Gasteiger partial charge in [0.15, 0.2) is 0 Å². The molecular weight excluding hydrogens is 148 g/mol. The van der Waals surface area contributed by atoms with Gasteiger partial charge in [-0.1, -0.05) is 37.3 Å². The van der Waals surface area contributed by atoms with Gasteiger partial charge in [0.25, 0.3) is 0 Å². The molecule has 0 fully saturated rings. The summed E-state index contributed by atoms with van der Waals surface area (Å²) in [6.45, 7) is 9.39. The van der Waals surface area contributed by atoms with E-state index in [1.54, 1.807) is 13.0 Å². The van der Waals surface area contributed by atoms with Crippen LogP contribution < -0.4 is 0 Å². The van der Waals surface area contributed by atoms with Crippen LogP contribution in [0.3, 0.4) is 0 Å². The van der Waals surface area contributed by atoms with Crippen LogP contribution >= 0.6 is 0 Å². The van der Waals surface area contributed by atoms with Crippen LogP contribution in [0.5, 0.6) is 0 Å². The standard InChI is InChI=1S/C11H18O/c1-5-10(3)8-7-9-11(4,12)6-2/h6-9,12H,2,5H2,1,3-4H3. The molecule has 0 rings (SSSR count). The monoisotopic (exact) mass is 166 g/mol. The molecule has 0 aliphatic carbocycles. The number of rotatable bonds is 4. The first kappa shape index (κ1) is 11.2. The highest BCUT2D eigenvalue weighted by molar-refractivity contribution is 5.17. The average molecular weight is 166 g/mol. The number of aliphatic hydroxyl groups is 1. The van der Waals surface area contributed by atoms with Gasteiger partial charge >= 0.3 is 0 Å². The van der Waals surface area contributed by atoms with Crippen molar-refractivity contribution >= 4 is 0 Å². The zero-order chi connectivity index (χ0) is 9.61. The molecule has 1 heteroatoms. The second-order valence-electron chi connectivity index (χ2n) is 3.16. The molecular formula is C11H18O. The van der Waals surface area contributed by atoms with Crippen LogP contribution in [0.15, 0.2) is 36.5 Å². The highest BCUT2D eigenvalue weighted by Crippen LogP contribution is 2.06. The summed E-state index contributed by atoms with van der Waals surface area (Å²) < 4.78 is 0. The van der Waals surface area contributed by atoms with Crippen molar-refractivity contribution < 1.29 is 5.11 Å². The normalized spacial score (nSPS) is 17.8. The van der Waals surface area contributed by atoms with Gasteiger partial charge in [0.2, 0.25) is 0 Å². The molecule has 0 aliphatic rings. The Hall–Kier alpha value is -0.820. The molecule has 0 spiro atoms. The molecule has 1 unspecified atom stereocenters. The van der Waals surface area contributed by atoms with Gasteiger partial charge in [-0.25, -0.2) is 0 Å². The van der Waals surface area contributed by atoms with Gasteiger partial charge in [0.1, 0.15) is 0 Å². The minimum Gasteiger partial charge on any atom is -0.382 e. The lowest BCUT2D eigenvalue weighted by Crippen LogP contribution is -2.15. The van der Waals surface area contributed by atoms with Crippen LogP contribution in [-0.4, -0.2) is 10.7 Å². The maximum Gasteiger partial charge on any atom is 0.0980 e. The van der Waals surface area contributed by atoms with E-state index < -0.39 is 5.60 Å². The van der Waals surface area contributed by atoms with Crippen LogP contribution in [0.4, 0.5) is 0 Å². The van der Waals surface area contributed by atoms with E-state index in [-0.39, 0.29) is 0 Å². The van der Waals surface area contributed by atoms with Gasteiger partial charge in [-0.05, 0) is 26.3 Å². The summed E-state index contributed by atoms with van der Waals surface area (Å²) >= 11 is 0. The van der Waals surface area contributed by atoms with E-state index in [1.807, 2.05) is 12.2 Å². The third-order valence-electron chi connectivity index (χ3n) is 1.79. The van der Waals surface area contributed by atoms with Gasteiger partial charge < -0.3 is 5.11 Å². The van der Waals surface area contributed by atoms with Crippen LogP contribution in [0.1, 0.15) is 27.2 Å². The van der Waals surface area contributed by atoms with E-state index in [1.165, 1.54) is 11.6 Å². The van der Waals surface area contributed by atoms with Crippen molar-refractivity contribution in [3.63, 3.8) is 0 Å². The molecule has 0 bridgehead atoms. The van der Waals surface area contributed by atoms with Crippen LogP contribution in [0.25, 0.3) is 0 Å². The summed E-state index contributed by atoms with van der Waals surface area (Å²) in [5.74, 6) is 0. The molecule has 0 aromatic heterocycles. The van der Waals surface area contributed by atoms with Gasteiger partial charge in [0.05, 0.1) is 5.60 Å². The smallest absolute Gasteiger partial charge is 0.0980 e. The highest BCUT2D eigenvalue weighted by atomic mass is 16.3. The van der Waals surface area contributed by atoms with Crippen molar-refractivity contribution in [3.05, 3.63) is 36.5 Å². The third-order valence-corrected chi connectivity index (χ3v) is 1.79. The van der Waals surface area contributed by atoms with Gasteiger partial charge in [0, 0.05) is 0 Å². The van der Waals surface area contributed by atoms with Gasteiger partial charge in [-0.2, -0.15) is 0 Å². The van der Waals surface area contributed by atoms with E-state index in [0.717, 1.165) is 6.42 Å². The molecule has 0 radical (unpaired) electrons. The first-order chi connectivity index (χ1) is 5.52. The predicted octanol–water partition coefficient (Wildman–Crippen LogP) is 2.84. The summed E-state index contributed by atoms with van der Waals surface area (Å²) in [6, 6.07) is 0. The van der Waals surface area contributed by atoms with E-state index in [9.17, 15) is 5.11 Å². The molecule has 68 valence electrons. The van der Waals surface area contributed by atoms with Crippen molar-refractivity contribution in [2.45, 2.75) is 32.8 Å². The van der Waals surface area contributed by atoms with Gasteiger partial charge in [-0.3, -0.25) is 0 Å². The maximum absolute atomic E-state index is 9.47. The fraction of sp³-hybridized carbons (Fsp3) is 0.455. The largest absolute Gasteiger partial charge is 0.382 e. The fourth-order valence-corrected chi connectivity index (χ4v) is 0.593. The third kappa shape index (κ3) is 4.91. The lowest BCUT2D eigenvalue weighted by atomic mass is 10.1. The molecule has 0 amide bonds. The summed E-state index contributed by atoms with van der Waals surface area (Å²) in [5.41, 5.74) is 0.413. The molecule has 1 nitrogen and oxygen atoms in total. The Morgan fingerprint density at radius 1 is 1.58 bits per heavy atom. The number of hydrogen-bond acceptors (Lipinski definition) is 1. The molecule has 0 saturated heterocycles. The van der Waals surface area contributed by atoms with E-state index in [2.05, 4.69) is 20.4 Å². The fourth-order valence-electron chi connectivity index (χ4n) is 0.593. The first-order valence-electron chi connectivity index (χ1n) is 4.23. The lowest BCUT2D eigenvalue weighted by molar-refractivity contribution is 0.164. The Kier molecular flexibility index (Phi) is 4.60. The topological polar surface area (TPSA) is 20.2 Å². The van der Waals surface area contributed by atoms with Crippen molar-refractivity contribution in [2.24, 2.45) is 0 Å². The van der Waals surface area contributed by atoms with Crippen LogP contribution in [0.2, 0.25) is 0 Å². The molecule has 0 aliphatic heterocycles. The Balaban J connectivity index is 4.16. The maximum atomic E-state index is 9.47. The molecule has 12 heavy (non-hydrogen) atoms. The Morgan fingerprint density at radius 2 is 2.17 bits per heavy atom. The summed E-state index contributed by atoms with van der Waals surface area (Å²) in [5, 5.41) is 9.47. The average Bonchev–Trinajstić information content (AvgIpc) is 2.04. The summed E-state index contributed by atoms with van der Waals surface area (Å²) in [4.78, 5) is 0. The van der Waals surface area contributed by atoms with Crippen molar-refractivity contribution in [1.82, 2.24) is 0 Å². The van der Waals surface area contributed by atoms with Crippen molar-refractivity contribution in [2.75, 3.05) is 0 Å². The molecule has 0 saturated carbocycles. The van der Waals surface area contributed by atoms with Crippen LogP contribution in [0, 0.1) is 0 Å². The first-order valence-corrected chi connectivity index (χ1v) is 4.23. The highest BCUT2D eigenvalue weighted by Gasteiger charge is 2.07. The molecule has 0 aromatic rings. The van der Waals surface area contributed by atoms with Crippen LogP contribution in [-0.2, 0) is 0 Å². The van der Waals surface area contributed by atoms with E-state index in [4.69, 9.17) is 0 Å². The molecule has 0 heterocycles. The quantitative estimate of drug-likeness (QED) is 0.503. The van der Waals surface area contributed by atoms with Gasteiger partial charge in [-0.15, -0.1) is 0 Å². The van der Waals surface area contributed by atoms with Crippen molar-refractivity contribution in [1.29, 1.82) is 0 Å². The van der Waals surface area contributed by atoms with Crippen molar-refractivity contribution in [3.8, 4) is 0 Å². The Bertz CT molecular complexity index is 197. The second-order valence-corrected chi connectivity index (χ2v) is 3.16. The number of hydrogen-bond donors (Lipinski definition) is 1. The SMILES string of the molecule is C=CC(C)(O)C=CC=C(C)CC. The molecule has 0 aromatic carbocycles. The minimum atomic E-state index is -0.884. The van der Waals surface area contributed by atoms with E-state index in [0.29, 0.717) is 0 Å². The second kappa shape index (κ2) is 4.94. The molecule has 1 atom stereocenters. The van der Waals surface area contributed by atoms with E-state index >= 15 is 0 Å². The zero-order valence-corrected chi connectivity index (χ0v) is 8.17. The molecule has 1 N–H and O–H groups in total.